The zero-order chi connectivity index (χ0) is 19.4. The average Bonchev–Trinajstić information content (AvgIpc) is 2.70. The number of nitrogens with one attached hydrogen (secondary N) is 1. The maximum absolute atomic E-state index is 12.6. The molecule has 1 atom stereocenters. The third-order valence-corrected chi connectivity index (χ3v) is 4.60. The number of hydrogen-bond acceptors (Lipinski definition) is 5. The smallest absolute Gasteiger partial charge is 0.251 e. The number of hydrogen-bond donors (Lipinski definition) is 2. The molecule has 2 aromatic rings. The fourth-order valence-corrected chi connectivity index (χ4v) is 2.95. The molecule has 1 unspecified atom stereocenters. The van der Waals surface area contributed by atoms with E-state index in [0.29, 0.717) is 48.5 Å². The summed E-state index contributed by atoms with van der Waals surface area (Å²) >= 11 is 0. The molecular weight excluding hydrogens is 344 g/mol. The first kappa shape index (κ1) is 19.0. The van der Waals surface area contributed by atoms with Crippen molar-refractivity contribution in [3.05, 3.63) is 53.1 Å². The van der Waals surface area contributed by atoms with Crippen LogP contribution in [0.2, 0.25) is 0 Å². The van der Waals surface area contributed by atoms with Crippen molar-refractivity contribution in [1.82, 2.24) is 5.32 Å². The molecule has 0 saturated heterocycles. The Morgan fingerprint density at radius 1 is 1.15 bits per heavy atom. The van der Waals surface area contributed by atoms with Gasteiger partial charge in [-0.25, -0.2) is 0 Å². The van der Waals surface area contributed by atoms with Gasteiger partial charge in [-0.3, -0.25) is 4.79 Å². The lowest BCUT2D eigenvalue weighted by Crippen LogP contribution is -2.32. The Hall–Kier alpha value is -2.73. The summed E-state index contributed by atoms with van der Waals surface area (Å²) in [6.45, 7) is 5.53. The van der Waals surface area contributed by atoms with E-state index in [0.717, 1.165) is 5.56 Å². The monoisotopic (exact) mass is 370 g/mol. The molecule has 3 N–H and O–H groups in total. The lowest BCUT2D eigenvalue weighted by Gasteiger charge is -2.21. The number of methoxy groups -OCH3 is 1. The van der Waals surface area contributed by atoms with Gasteiger partial charge in [0.25, 0.3) is 5.91 Å². The van der Waals surface area contributed by atoms with Crippen LogP contribution >= 0.6 is 0 Å². The molecule has 1 heterocycles. The molecule has 0 bridgehead atoms. The van der Waals surface area contributed by atoms with Crippen LogP contribution in [0, 0.1) is 0 Å². The van der Waals surface area contributed by atoms with Crippen LogP contribution in [0.25, 0.3) is 0 Å². The Morgan fingerprint density at radius 2 is 1.81 bits per heavy atom. The number of fused-ring (bicyclic) bond motifs is 1. The van der Waals surface area contributed by atoms with Crippen molar-refractivity contribution >= 4 is 5.91 Å². The topological polar surface area (TPSA) is 82.8 Å². The van der Waals surface area contributed by atoms with Gasteiger partial charge < -0.3 is 25.3 Å². The average molecular weight is 370 g/mol. The Kier molecular flexibility index (Phi) is 5.86. The highest BCUT2D eigenvalue weighted by atomic mass is 16.6. The number of rotatable bonds is 6. The zero-order valence-electron chi connectivity index (χ0n) is 16.0. The second-order valence-electron chi connectivity index (χ2n) is 6.84. The molecule has 1 aliphatic heterocycles. The van der Waals surface area contributed by atoms with Gasteiger partial charge in [0, 0.05) is 18.2 Å². The SMILES string of the molecule is COc1cc(C(=O)NCC(N)c2ccc(C(C)C)cc2)cc2c1OCCO2. The van der Waals surface area contributed by atoms with Crippen molar-refractivity contribution in [3.8, 4) is 17.2 Å². The molecule has 6 nitrogen and oxygen atoms in total. The Morgan fingerprint density at radius 3 is 2.48 bits per heavy atom. The van der Waals surface area contributed by atoms with Crippen LogP contribution in [-0.4, -0.2) is 32.8 Å². The first-order valence-corrected chi connectivity index (χ1v) is 9.11. The number of benzene rings is 2. The van der Waals surface area contributed by atoms with E-state index in [1.54, 1.807) is 12.1 Å². The maximum atomic E-state index is 12.6. The summed E-state index contributed by atoms with van der Waals surface area (Å²) in [5.41, 5.74) is 8.92. The molecule has 0 saturated carbocycles. The highest BCUT2D eigenvalue weighted by Gasteiger charge is 2.21. The molecular formula is C21H26N2O4. The Bertz CT molecular complexity index is 785. The van der Waals surface area contributed by atoms with Gasteiger partial charge in [0.05, 0.1) is 7.11 Å². The van der Waals surface area contributed by atoms with Gasteiger partial charge in [0.15, 0.2) is 11.5 Å². The van der Waals surface area contributed by atoms with Crippen LogP contribution in [0.4, 0.5) is 0 Å². The van der Waals surface area contributed by atoms with Crippen LogP contribution < -0.4 is 25.3 Å². The molecule has 2 aromatic carbocycles. The van der Waals surface area contributed by atoms with E-state index in [4.69, 9.17) is 19.9 Å². The Balaban J connectivity index is 1.66. The number of amides is 1. The van der Waals surface area contributed by atoms with Crippen molar-refractivity contribution < 1.29 is 19.0 Å². The standard InChI is InChI=1S/C21H26N2O4/c1-13(2)14-4-6-15(7-5-14)17(22)12-23-21(24)16-10-18(25-3)20-19(11-16)26-8-9-27-20/h4-7,10-11,13,17H,8-9,12,22H2,1-3H3,(H,23,24). The number of nitrogens with two attached hydrogens (primary N) is 1. The van der Waals surface area contributed by atoms with Gasteiger partial charge >= 0.3 is 0 Å². The summed E-state index contributed by atoms with van der Waals surface area (Å²) in [6, 6.07) is 11.2. The minimum Gasteiger partial charge on any atom is -0.493 e. The first-order valence-electron chi connectivity index (χ1n) is 9.11. The largest absolute Gasteiger partial charge is 0.493 e. The number of ether oxygens (including phenoxy) is 3. The van der Waals surface area contributed by atoms with Crippen LogP contribution in [0.3, 0.4) is 0 Å². The molecule has 0 aliphatic carbocycles. The second-order valence-corrected chi connectivity index (χ2v) is 6.84. The second kappa shape index (κ2) is 8.31. The van der Waals surface area contributed by atoms with E-state index in [-0.39, 0.29) is 11.9 Å². The van der Waals surface area contributed by atoms with Crippen molar-refractivity contribution in [2.45, 2.75) is 25.8 Å². The highest BCUT2D eigenvalue weighted by molar-refractivity contribution is 5.95. The fourth-order valence-electron chi connectivity index (χ4n) is 2.95. The zero-order valence-corrected chi connectivity index (χ0v) is 16.0. The summed E-state index contributed by atoms with van der Waals surface area (Å²) < 4.78 is 16.5. The fraction of sp³-hybridized carbons (Fsp3) is 0.381. The van der Waals surface area contributed by atoms with Crippen LogP contribution in [0.5, 0.6) is 17.2 Å². The summed E-state index contributed by atoms with van der Waals surface area (Å²) in [7, 11) is 1.53. The number of carbonyl (C=O) groups excluding carboxylic acids is 1. The predicted octanol–water partition coefficient (Wildman–Crippen LogP) is 3.02. The van der Waals surface area contributed by atoms with Crippen molar-refractivity contribution in [2.24, 2.45) is 5.73 Å². The predicted molar refractivity (Wildman–Crippen MR) is 104 cm³/mol. The number of carbonyl (C=O) groups is 1. The molecule has 1 amide bonds. The molecule has 144 valence electrons. The van der Waals surface area contributed by atoms with Crippen molar-refractivity contribution in [3.63, 3.8) is 0 Å². The third-order valence-electron chi connectivity index (χ3n) is 4.60. The van der Waals surface area contributed by atoms with Crippen molar-refractivity contribution in [2.75, 3.05) is 26.9 Å². The van der Waals surface area contributed by atoms with Crippen LogP contribution in [0.1, 0.15) is 47.3 Å². The summed E-state index contributed by atoms with van der Waals surface area (Å²) in [6.07, 6.45) is 0. The van der Waals surface area contributed by atoms with Gasteiger partial charge in [-0.15, -0.1) is 0 Å². The maximum Gasteiger partial charge on any atom is 0.251 e. The highest BCUT2D eigenvalue weighted by Crippen LogP contribution is 2.40. The molecule has 0 radical (unpaired) electrons. The summed E-state index contributed by atoms with van der Waals surface area (Å²) in [5, 5.41) is 2.88. The van der Waals surface area contributed by atoms with E-state index in [2.05, 4.69) is 31.3 Å². The summed E-state index contributed by atoms with van der Waals surface area (Å²) in [5.74, 6) is 1.76. The van der Waals surface area contributed by atoms with Gasteiger partial charge in [0.1, 0.15) is 13.2 Å². The Labute approximate surface area is 159 Å². The first-order chi connectivity index (χ1) is 13.0. The lowest BCUT2D eigenvalue weighted by atomic mass is 9.99. The van der Waals surface area contributed by atoms with Crippen LogP contribution in [-0.2, 0) is 0 Å². The molecule has 1 aliphatic rings. The van der Waals surface area contributed by atoms with E-state index in [1.165, 1.54) is 12.7 Å². The normalized spacial score (nSPS) is 14.0. The van der Waals surface area contributed by atoms with E-state index in [1.807, 2.05) is 12.1 Å². The van der Waals surface area contributed by atoms with E-state index in [9.17, 15) is 4.79 Å². The molecule has 3 rings (SSSR count). The summed E-state index contributed by atoms with van der Waals surface area (Å²) in [4.78, 5) is 12.6. The van der Waals surface area contributed by atoms with Crippen LogP contribution in [0.15, 0.2) is 36.4 Å². The van der Waals surface area contributed by atoms with Crippen molar-refractivity contribution in [1.29, 1.82) is 0 Å². The van der Waals surface area contributed by atoms with Gasteiger partial charge in [-0.2, -0.15) is 0 Å². The molecule has 0 fully saturated rings. The molecule has 0 spiro atoms. The lowest BCUT2D eigenvalue weighted by molar-refractivity contribution is 0.0949. The minimum absolute atomic E-state index is 0.237. The van der Waals surface area contributed by atoms with Gasteiger partial charge in [-0.1, -0.05) is 38.1 Å². The quantitative estimate of drug-likeness (QED) is 0.817. The van der Waals surface area contributed by atoms with E-state index >= 15 is 0 Å². The minimum atomic E-state index is -0.283. The third kappa shape index (κ3) is 4.34. The van der Waals surface area contributed by atoms with Gasteiger partial charge in [0.2, 0.25) is 5.75 Å². The molecule has 6 heteroatoms. The van der Waals surface area contributed by atoms with E-state index < -0.39 is 0 Å². The van der Waals surface area contributed by atoms with Gasteiger partial charge in [-0.05, 0) is 29.2 Å². The molecule has 27 heavy (non-hydrogen) atoms. The molecule has 0 aromatic heterocycles.